The first-order valence-corrected chi connectivity index (χ1v) is 9.17. The van der Waals surface area contributed by atoms with E-state index in [0.29, 0.717) is 30.2 Å². The molecule has 27 heavy (non-hydrogen) atoms. The third kappa shape index (κ3) is 3.36. The number of hydrogen-bond acceptors (Lipinski definition) is 4. The molecule has 2 aliphatic heterocycles. The number of hydrogen-bond donors (Lipinski definition) is 0. The first-order valence-electron chi connectivity index (χ1n) is 8.79. The van der Waals surface area contributed by atoms with E-state index in [2.05, 4.69) is 10.1 Å². The van der Waals surface area contributed by atoms with E-state index in [4.69, 9.17) is 11.6 Å². The van der Waals surface area contributed by atoms with Gasteiger partial charge < -0.3 is 4.90 Å². The highest BCUT2D eigenvalue weighted by molar-refractivity contribution is 6.29. The van der Waals surface area contributed by atoms with E-state index >= 15 is 0 Å². The third-order valence-electron chi connectivity index (χ3n) is 5.03. The number of fused-ring (bicyclic) bond motifs is 1. The molecule has 0 aromatic carbocycles. The smallest absolute Gasteiger partial charge is 0.335 e. The maximum atomic E-state index is 13.5. The van der Waals surface area contributed by atoms with Crippen molar-refractivity contribution >= 4 is 17.5 Å². The lowest BCUT2D eigenvalue weighted by molar-refractivity contribution is -0.134. The SMILES string of the molecule is O=C([C@@H]1CCCc2nn(Cc3ccc(Cl)nc3)c(=O)n21)N1C[C@@H](F)[C@H](F)C1. The highest BCUT2D eigenvalue weighted by Gasteiger charge is 2.40. The van der Waals surface area contributed by atoms with Gasteiger partial charge >= 0.3 is 5.69 Å². The Kier molecular flexibility index (Phi) is 4.71. The summed E-state index contributed by atoms with van der Waals surface area (Å²) in [5.74, 6) is 0.0906. The van der Waals surface area contributed by atoms with Gasteiger partial charge in [0, 0.05) is 12.6 Å². The van der Waals surface area contributed by atoms with Crippen molar-refractivity contribution < 1.29 is 13.6 Å². The van der Waals surface area contributed by atoms with Gasteiger partial charge in [-0.1, -0.05) is 17.7 Å². The van der Waals surface area contributed by atoms with Gasteiger partial charge in [0.2, 0.25) is 5.91 Å². The van der Waals surface area contributed by atoms with Gasteiger partial charge in [0.25, 0.3) is 0 Å². The van der Waals surface area contributed by atoms with E-state index in [1.165, 1.54) is 14.1 Å². The molecule has 1 fully saturated rings. The number of pyridine rings is 1. The maximum Gasteiger partial charge on any atom is 0.346 e. The lowest BCUT2D eigenvalue weighted by Gasteiger charge is -2.26. The maximum absolute atomic E-state index is 13.5. The molecule has 0 aliphatic carbocycles. The Morgan fingerprint density at radius 2 is 2.00 bits per heavy atom. The van der Waals surface area contributed by atoms with Crippen molar-refractivity contribution in [1.29, 1.82) is 0 Å². The highest BCUT2D eigenvalue weighted by Crippen LogP contribution is 2.27. The summed E-state index contributed by atoms with van der Waals surface area (Å²) >= 11 is 5.77. The summed E-state index contributed by atoms with van der Waals surface area (Å²) < 4.78 is 29.6. The molecule has 2 aromatic heterocycles. The van der Waals surface area contributed by atoms with Crippen LogP contribution in [0.15, 0.2) is 23.1 Å². The molecule has 4 rings (SSSR count). The van der Waals surface area contributed by atoms with E-state index in [1.807, 2.05) is 0 Å². The molecule has 1 amide bonds. The molecular weight excluding hydrogens is 380 g/mol. The van der Waals surface area contributed by atoms with Crippen LogP contribution < -0.4 is 5.69 Å². The number of amides is 1. The standard InChI is InChI=1S/C17H18ClF2N5O2/c18-14-5-4-10(6-21-14)7-24-17(27)25-13(2-1-3-15(25)22-24)16(26)23-8-11(19)12(20)9-23/h4-6,11-13H,1-3,7-9H2/t11-,12-,13+/m1/s1. The normalized spacial score (nSPS) is 24.9. The minimum Gasteiger partial charge on any atom is -0.335 e. The fourth-order valence-electron chi connectivity index (χ4n) is 3.66. The minimum atomic E-state index is -1.67. The monoisotopic (exact) mass is 397 g/mol. The van der Waals surface area contributed by atoms with E-state index in [9.17, 15) is 18.4 Å². The molecule has 0 saturated carbocycles. The molecule has 7 nitrogen and oxygen atoms in total. The number of alkyl halides is 2. The number of aromatic nitrogens is 4. The molecule has 4 heterocycles. The van der Waals surface area contributed by atoms with Crippen LogP contribution >= 0.6 is 11.6 Å². The first kappa shape index (κ1) is 18.1. The number of halogens is 3. The number of nitrogens with zero attached hydrogens (tertiary/aromatic N) is 5. The van der Waals surface area contributed by atoms with Gasteiger partial charge in [0.15, 0.2) is 12.3 Å². The van der Waals surface area contributed by atoms with Crippen molar-refractivity contribution in [3.8, 4) is 0 Å². The van der Waals surface area contributed by atoms with E-state index in [-0.39, 0.29) is 19.6 Å². The van der Waals surface area contributed by atoms with E-state index in [1.54, 1.807) is 18.3 Å². The summed E-state index contributed by atoms with van der Waals surface area (Å²) in [6, 6.07) is 2.60. The Labute approximate surface area is 158 Å². The summed E-state index contributed by atoms with van der Waals surface area (Å²) in [6.07, 6.45) is -0.0840. The Hall–Kier alpha value is -2.29. The van der Waals surface area contributed by atoms with Crippen molar-refractivity contribution in [2.45, 2.75) is 44.2 Å². The fourth-order valence-corrected chi connectivity index (χ4v) is 3.77. The van der Waals surface area contributed by atoms with Gasteiger partial charge in [-0.05, 0) is 24.5 Å². The third-order valence-corrected chi connectivity index (χ3v) is 5.25. The largest absolute Gasteiger partial charge is 0.346 e. The Bertz CT molecular complexity index is 903. The summed E-state index contributed by atoms with van der Waals surface area (Å²) in [7, 11) is 0. The summed E-state index contributed by atoms with van der Waals surface area (Å²) in [4.78, 5) is 30.8. The van der Waals surface area contributed by atoms with E-state index < -0.39 is 30.0 Å². The number of rotatable bonds is 3. The minimum absolute atomic E-state index is 0.201. The molecule has 0 radical (unpaired) electrons. The average Bonchev–Trinajstić information content (AvgIpc) is 3.16. The van der Waals surface area contributed by atoms with Crippen molar-refractivity contribution in [1.82, 2.24) is 24.2 Å². The van der Waals surface area contributed by atoms with Crippen LogP contribution in [0.1, 0.15) is 30.3 Å². The van der Waals surface area contributed by atoms with Crippen molar-refractivity contribution in [2.75, 3.05) is 13.1 Å². The summed E-state index contributed by atoms with van der Waals surface area (Å²) in [6.45, 7) is -0.344. The van der Waals surface area contributed by atoms with Crippen molar-refractivity contribution in [3.05, 3.63) is 45.4 Å². The number of carbonyl (C=O) groups is 1. The average molecular weight is 398 g/mol. The van der Waals surface area contributed by atoms with Gasteiger partial charge in [-0.25, -0.2) is 23.2 Å². The van der Waals surface area contributed by atoms with Crippen LogP contribution in [-0.4, -0.2) is 55.6 Å². The van der Waals surface area contributed by atoms with Crippen LogP contribution in [0.25, 0.3) is 0 Å². The lowest BCUT2D eigenvalue weighted by Crippen LogP contribution is -2.42. The quantitative estimate of drug-likeness (QED) is 0.736. The Morgan fingerprint density at radius 3 is 2.67 bits per heavy atom. The molecule has 3 atom stereocenters. The second kappa shape index (κ2) is 7.03. The molecule has 2 aromatic rings. The number of likely N-dealkylation sites (tertiary alicyclic amines) is 1. The molecule has 0 bridgehead atoms. The van der Waals surface area contributed by atoms with Crippen LogP contribution in [0.3, 0.4) is 0 Å². The van der Waals surface area contributed by atoms with Crippen LogP contribution in [0.5, 0.6) is 0 Å². The second-order valence-corrected chi connectivity index (χ2v) is 7.29. The molecule has 2 aliphatic rings. The van der Waals surface area contributed by atoms with Crippen molar-refractivity contribution in [2.24, 2.45) is 0 Å². The summed E-state index contributed by atoms with van der Waals surface area (Å²) in [5, 5.41) is 4.70. The van der Waals surface area contributed by atoms with Crippen LogP contribution in [0.4, 0.5) is 8.78 Å². The Balaban J connectivity index is 1.61. The first-order chi connectivity index (χ1) is 12.9. The second-order valence-electron chi connectivity index (χ2n) is 6.90. The van der Waals surface area contributed by atoms with Gasteiger partial charge in [-0.3, -0.25) is 9.36 Å². The van der Waals surface area contributed by atoms with Crippen LogP contribution in [0, 0.1) is 0 Å². The molecule has 0 spiro atoms. The Morgan fingerprint density at radius 1 is 1.26 bits per heavy atom. The van der Waals surface area contributed by atoms with Gasteiger partial charge in [0.05, 0.1) is 19.6 Å². The molecule has 0 N–H and O–H groups in total. The number of carbonyl (C=O) groups excluding carboxylic acids is 1. The molecule has 0 unspecified atom stereocenters. The summed E-state index contributed by atoms with van der Waals surface area (Å²) in [5.41, 5.74) is 0.339. The number of aryl methyl sites for hydroxylation is 1. The van der Waals surface area contributed by atoms with Crippen molar-refractivity contribution in [3.63, 3.8) is 0 Å². The van der Waals surface area contributed by atoms with E-state index in [0.717, 1.165) is 5.56 Å². The lowest BCUT2D eigenvalue weighted by atomic mass is 10.0. The molecule has 144 valence electrons. The zero-order chi connectivity index (χ0) is 19.1. The molecule has 1 saturated heterocycles. The van der Waals surface area contributed by atoms with Gasteiger partial charge in [0.1, 0.15) is 17.0 Å². The zero-order valence-corrected chi connectivity index (χ0v) is 15.1. The van der Waals surface area contributed by atoms with Gasteiger partial charge in [-0.15, -0.1) is 0 Å². The fraction of sp³-hybridized carbons (Fsp3) is 0.529. The predicted molar refractivity (Wildman–Crippen MR) is 93.2 cm³/mol. The highest BCUT2D eigenvalue weighted by atomic mass is 35.5. The van der Waals surface area contributed by atoms with Gasteiger partial charge in [-0.2, -0.15) is 5.10 Å². The van der Waals surface area contributed by atoms with Crippen LogP contribution in [-0.2, 0) is 17.8 Å². The molecule has 10 heteroatoms. The van der Waals surface area contributed by atoms with Crippen LogP contribution in [0.2, 0.25) is 5.15 Å². The molecular formula is C17H18ClF2N5O2. The zero-order valence-electron chi connectivity index (χ0n) is 14.4. The predicted octanol–water partition coefficient (Wildman–Crippen LogP) is 1.54. The topological polar surface area (TPSA) is 73.0 Å².